The van der Waals surface area contributed by atoms with Crippen LogP contribution in [0.4, 0.5) is 0 Å². The average Bonchev–Trinajstić information content (AvgIpc) is 2.05. The third kappa shape index (κ3) is 1.44. The smallest absolute Gasteiger partial charge is 0.237 e. The van der Waals surface area contributed by atoms with Gasteiger partial charge in [-0.15, -0.1) is 0 Å². The zero-order valence-corrected chi connectivity index (χ0v) is 7.47. The van der Waals surface area contributed by atoms with Gasteiger partial charge in [0.15, 0.2) is 0 Å². The monoisotopic (exact) mass is 171 g/mol. The van der Waals surface area contributed by atoms with Crippen molar-refractivity contribution in [3.05, 3.63) is 0 Å². The van der Waals surface area contributed by atoms with Crippen LogP contribution in [0.2, 0.25) is 0 Å². The molecule has 70 valence electrons. The Morgan fingerprint density at radius 2 is 2.42 bits per heavy atom. The van der Waals surface area contributed by atoms with Gasteiger partial charge in [-0.3, -0.25) is 4.79 Å². The summed E-state index contributed by atoms with van der Waals surface area (Å²) in [4.78, 5) is 11.1. The lowest BCUT2D eigenvalue weighted by Crippen LogP contribution is -2.63. The summed E-state index contributed by atoms with van der Waals surface area (Å²) in [5, 5.41) is 3.21. The van der Waals surface area contributed by atoms with Gasteiger partial charge in [0.25, 0.3) is 0 Å². The van der Waals surface area contributed by atoms with Crippen molar-refractivity contribution < 1.29 is 4.79 Å². The van der Waals surface area contributed by atoms with Gasteiger partial charge in [-0.05, 0) is 25.3 Å². The zero-order valence-electron chi connectivity index (χ0n) is 7.47. The molecule has 1 heterocycles. The second-order valence-corrected chi connectivity index (χ2v) is 3.46. The second-order valence-electron chi connectivity index (χ2n) is 3.46. The van der Waals surface area contributed by atoms with E-state index in [1.165, 1.54) is 0 Å². The van der Waals surface area contributed by atoms with E-state index in [0.717, 1.165) is 19.5 Å². The van der Waals surface area contributed by atoms with Gasteiger partial charge >= 0.3 is 0 Å². The van der Waals surface area contributed by atoms with Crippen molar-refractivity contribution in [2.45, 2.75) is 25.3 Å². The summed E-state index contributed by atoms with van der Waals surface area (Å²) in [5.74, 6) is -0.181. The molecule has 5 N–H and O–H groups in total. The van der Waals surface area contributed by atoms with E-state index < -0.39 is 5.54 Å². The number of nitrogens with two attached hydrogens (primary N) is 2. The van der Waals surface area contributed by atoms with Crippen molar-refractivity contribution in [1.82, 2.24) is 5.32 Å². The molecule has 0 aliphatic carbocycles. The van der Waals surface area contributed by atoms with E-state index >= 15 is 0 Å². The molecule has 12 heavy (non-hydrogen) atoms. The third-order valence-electron chi connectivity index (χ3n) is 2.79. The molecule has 1 aliphatic heterocycles. The molecule has 0 radical (unpaired) electrons. The van der Waals surface area contributed by atoms with E-state index in [1.54, 1.807) is 0 Å². The zero-order chi connectivity index (χ0) is 9.19. The van der Waals surface area contributed by atoms with Gasteiger partial charge in [0, 0.05) is 6.54 Å². The Hall–Kier alpha value is -0.610. The molecule has 2 atom stereocenters. The van der Waals surface area contributed by atoms with Crippen LogP contribution in [-0.4, -0.2) is 24.5 Å². The fourth-order valence-corrected chi connectivity index (χ4v) is 1.79. The Labute approximate surface area is 72.7 Å². The first-order valence-corrected chi connectivity index (χ1v) is 4.40. The van der Waals surface area contributed by atoms with Crippen LogP contribution in [0.1, 0.15) is 19.8 Å². The van der Waals surface area contributed by atoms with Crippen LogP contribution in [0.25, 0.3) is 0 Å². The molecule has 1 rings (SSSR count). The average molecular weight is 171 g/mol. The summed E-state index contributed by atoms with van der Waals surface area (Å²) in [6, 6.07) is 0. The van der Waals surface area contributed by atoms with Crippen LogP contribution < -0.4 is 16.8 Å². The third-order valence-corrected chi connectivity index (χ3v) is 2.79. The first-order chi connectivity index (χ1) is 5.61. The summed E-state index contributed by atoms with van der Waals surface area (Å²) in [5.41, 5.74) is 10.4. The number of nitrogens with one attached hydrogen (secondary N) is 1. The molecule has 1 saturated heterocycles. The number of amides is 1. The molecule has 4 nitrogen and oxygen atoms in total. The molecule has 0 aromatic heterocycles. The maximum absolute atomic E-state index is 11.1. The van der Waals surface area contributed by atoms with Crippen LogP contribution in [0, 0.1) is 5.92 Å². The van der Waals surface area contributed by atoms with Crippen molar-refractivity contribution in [2.24, 2.45) is 17.4 Å². The molecule has 2 unspecified atom stereocenters. The molecule has 0 spiro atoms. The molecule has 4 heteroatoms. The molecule has 0 aromatic carbocycles. The van der Waals surface area contributed by atoms with Gasteiger partial charge in [0.05, 0.1) is 0 Å². The molecule has 1 amide bonds. The van der Waals surface area contributed by atoms with Crippen LogP contribution in [0.15, 0.2) is 0 Å². The van der Waals surface area contributed by atoms with Crippen LogP contribution in [0.3, 0.4) is 0 Å². The predicted molar refractivity (Wildman–Crippen MR) is 47.4 cm³/mol. The van der Waals surface area contributed by atoms with Crippen molar-refractivity contribution in [3.63, 3.8) is 0 Å². The Morgan fingerprint density at radius 1 is 1.75 bits per heavy atom. The highest BCUT2D eigenvalue weighted by Gasteiger charge is 2.41. The fraction of sp³-hybridized carbons (Fsp3) is 0.875. The maximum Gasteiger partial charge on any atom is 0.237 e. The van der Waals surface area contributed by atoms with E-state index in [4.69, 9.17) is 11.5 Å². The van der Waals surface area contributed by atoms with Crippen LogP contribution >= 0.6 is 0 Å². The summed E-state index contributed by atoms with van der Waals surface area (Å²) >= 11 is 0. The first-order valence-electron chi connectivity index (χ1n) is 4.40. The normalized spacial score (nSPS) is 36.3. The van der Waals surface area contributed by atoms with Crippen molar-refractivity contribution in [3.8, 4) is 0 Å². The Balaban J connectivity index is 2.75. The Bertz CT molecular complexity index is 183. The minimum absolute atomic E-state index is 0.184. The first kappa shape index (κ1) is 9.48. The molecule has 1 fully saturated rings. The lowest BCUT2D eigenvalue weighted by Gasteiger charge is -2.38. The van der Waals surface area contributed by atoms with E-state index in [2.05, 4.69) is 5.32 Å². The molecule has 0 aromatic rings. The van der Waals surface area contributed by atoms with Gasteiger partial charge in [0.1, 0.15) is 5.54 Å². The summed E-state index contributed by atoms with van der Waals surface area (Å²) in [6.07, 6.45) is 1.55. The maximum atomic E-state index is 11.1. The van der Waals surface area contributed by atoms with E-state index in [-0.39, 0.29) is 11.8 Å². The topological polar surface area (TPSA) is 81.1 Å². The molecule has 0 bridgehead atoms. The number of hydrogen-bond donors (Lipinski definition) is 3. The fourth-order valence-electron chi connectivity index (χ4n) is 1.79. The lowest BCUT2D eigenvalue weighted by atomic mass is 9.77. The highest BCUT2D eigenvalue weighted by Crippen LogP contribution is 2.23. The summed E-state index contributed by atoms with van der Waals surface area (Å²) in [6.45, 7) is 3.62. The summed E-state index contributed by atoms with van der Waals surface area (Å²) in [7, 11) is 0. The number of rotatable bonds is 2. The molecular weight excluding hydrogens is 154 g/mol. The number of carbonyl (C=O) groups is 1. The van der Waals surface area contributed by atoms with Gasteiger partial charge in [-0.1, -0.05) is 6.92 Å². The Kier molecular flexibility index (Phi) is 2.69. The molecule has 1 aliphatic rings. The standard InChI is InChI=1S/C8H17N3O/c1-2-6-5-11-4-3-8(6,10)7(9)12/h6,11H,2-5,10H2,1H3,(H2,9,12). The Morgan fingerprint density at radius 3 is 2.83 bits per heavy atom. The van der Waals surface area contributed by atoms with E-state index in [0.29, 0.717) is 6.42 Å². The second kappa shape index (κ2) is 3.41. The van der Waals surface area contributed by atoms with E-state index in [9.17, 15) is 4.79 Å². The lowest BCUT2D eigenvalue weighted by molar-refractivity contribution is -0.126. The van der Waals surface area contributed by atoms with Gasteiger partial charge < -0.3 is 16.8 Å². The quantitative estimate of drug-likeness (QED) is 0.508. The highest BCUT2D eigenvalue weighted by atomic mass is 16.1. The number of carbonyl (C=O) groups excluding carboxylic acids is 1. The predicted octanol–water partition coefficient (Wildman–Crippen LogP) is -0.811. The minimum atomic E-state index is -0.778. The number of primary amides is 1. The highest BCUT2D eigenvalue weighted by molar-refractivity contribution is 5.85. The number of piperidine rings is 1. The van der Waals surface area contributed by atoms with Crippen LogP contribution in [0.5, 0.6) is 0 Å². The SMILES string of the molecule is CCC1CNCCC1(N)C(N)=O. The van der Waals surface area contributed by atoms with Crippen molar-refractivity contribution in [1.29, 1.82) is 0 Å². The minimum Gasteiger partial charge on any atom is -0.368 e. The van der Waals surface area contributed by atoms with Gasteiger partial charge in [-0.25, -0.2) is 0 Å². The molecule has 0 saturated carbocycles. The van der Waals surface area contributed by atoms with Crippen molar-refractivity contribution >= 4 is 5.91 Å². The van der Waals surface area contributed by atoms with Gasteiger partial charge in [-0.2, -0.15) is 0 Å². The largest absolute Gasteiger partial charge is 0.368 e. The summed E-state index contributed by atoms with van der Waals surface area (Å²) < 4.78 is 0. The molecular formula is C8H17N3O. The van der Waals surface area contributed by atoms with Gasteiger partial charge in [0.2, 0.25) is 5.91 Å². The van der Waals surface area contributed by atoms with E-state index in [1.807, 2.05) is 6.92 Å². The van der Waals surface area contributed by atoms with Crippen molar-refractivity contribution in [2.75, 3.05) is 13.1 Å². The van der Waals surface area contributed by atoms with Crippen LogP contribution in [-0.2, 0) is 4.79 Å². The number of hydrogen-bond acceptors (Lipinski definition) is 3.